The average molecular weight is 333 g/mol. The Bertz CT molecular complexity index is 363. The SMILES string of the molecule is CC(C)(C)OC(=O)NNC(=O)C(CCCCl)C1CCCCC1. The van der Waals surface area contributed by atoms with Crippen molar-refractivity contribution in [3.05, 3.63) is 0 Å². The summed E-state index contributed by atoms with van der Waals surface area (Å²) in [6.07, 6.45) is 6.68. The molecule has 0 spiro atoms. The van der Waals surface area contributed by atoms with Gasteiger partial charge in [-0.25, -0.2) is 10.2 Å². The van der Waals surface area contributed by atoms with E-state index in [0.717, 1.165) is 25.7 Å². The van der Waals surface area contributed by atoms with Gasteiger partial charge in [0.2, 0.25) is 5.91 Å². The third-order valence-corrected chi connectivity index (χ3v) is 4.16. The van der Waals surface area contributed by atoms with Gasteiger partial charge in [0.05, 0.1) is 0 Å². The Kier molecular flexibility index (Phi) is 8.01. The number of rotatable bonds is 5. The first-order chi connectivity index (χ1) is 10.3. The number of nitrogens with one attached hydrogen (secondary N) is 2. The molecule has 128 valence electrons. The van der Waals surface area contributed by atoms with E-state index in [4.69, 9.17) is 16.3 Å². The van der Waals surface area contributed by atoms with Gasteiger partial charge in [0.1, 0.15) is 5.60 Å². The fraction of sp³-hybridized carbons (Fsp3) is 0.875. The fourth-order valence-corrected chi connectivity index (χ4v) is 3.08. The first-order valence-electron chi connectivity index (χ1n) is 8.18. The molecule has 2 N–H and O–H groups in total. The summed E-state index contributed by atoms with van der Waals surface area (Å²) in [6.45, 7) is 5.33. The van der Waals surface area contributed by atoms with Crippen LogP contribution in [-0.4, -0.2) is 23.5 Å². The molecule has 1 aliphatic rings. The zero-order valence-electron chi connectivity index (χ0n) is 13.9. The van der Waals surface area contributed by atoms with Crippen molar-refractivity contribution in [1.29, 1.82) is 0 Å². The molecule has 1 rings (SSSR count). The number of ether oxygens (including phenoxy) is 1. The smallest absolute Gasteiger partial charge is 0.426 e. The van der Waals surface area contributed by atoms with Crippen molar-refractivity contribution in [2.75, 3.05) is 5.88 Å². The van der Waals surface area contributed by atoms with Crippen LogP contribution in [-0.2, 0) is 9.53 Å². The Morgan fingerprint density at radius 2 is 1.82 bits per heavy atom. The van der Waals surface area contributed by atoms with E-state index in [1.165, 1.54) is 19.3 Å². The molecule has 0 aromatic rings. The number of amides is 2. The zero-order chi connectivity index (χ0) is 16.6. The highest BCUT2D eigenvalue weighted by Gasteiger charge is 2.29. The predicted molar refractivity (Wildman–Crippen MR) is 87.5 cm³/mol. The van der Waals surface area contributed by atoms with Gasteiger partial charge >= 0.3 is 6.09 Å². The molecule has 0 aromatic carbocycles. The van der Waals surface area contributed by atoms with Crippen LogP contribution in [0.25, 0.3) is 0 Å². The Balaban J connectivity index is 2.50. The van der Waals surface area contributed by atoms with E-state index in [-0.39, 0.29) is 11.8 Å². The number of hydrogen-bond acceptors (Lipinski definition) is 3. The number of carbonyl (C=O) groups is 2. The Hall–Kier alpha value is -0.970. The van der Waals surface area contributed by atoms with Crippen molar-refractivity contribution in [2.24, 2.45) is 11.8 Å². The fourth-order valence-electron chi connectivity index (χ4n) is 2.92. The number of carbonyl (C=O) groups excluding carboxylic acids is 2. The second kappa shape index (κ2) is 9.23. The van der Waals surface area contributed by atoms with E-state index in [1.54, 1.807) is 20.8 Å². The van der Waals surface area contributed by atoms with Crippen molar-refractivity contribution in [3.8, 4) is 0 Å². The van der Waals surface area contributed by atoms with Gasteiger partial charge < -0.3 is 4.74 Å². The average Bonchev–Trinajstić information content (AvgIpc) is 2.45. The van der Waals surface area contributed by atoms with Crippen molar-refractivity contribution < 1.29 is 14.3 Å². The molecule has 6 heteroatoms. The lowest BCUT2D eigenvalue weighted by Crippen LogP contribution is -2.48. The molecule has 1 atom stereocenters. The van der Waals surface area contributed by atoms with Gasteiger partial charge in [-0.2, -0.15) is 0 Å². The van der Waals surface area contributed by atoms with Crippen molar-refractivity contribution in [1.82, 2.24) is 10.9 Å². The van der Waals surface area contributed by atoms with E-state index in [2.05, 4.69) is 10.9 Å². The van der Waals surface area contributed by atoms with Crippen LogP contribution in [0, 0.1) is 11.8 Å². The maximum absolute atomic E-state index is 12.4. The summed E-state index contributed by atoms with van der Waals surface area (Å²) in [4.78, 5) is 24.0. The zero-order valence-corrected chi connectivity index (χ0v) is 14.7. The lowest BCUT2D eigenvalue weighted by atomic mass is 9.78. The quantitative estimate of drug-likeness (QED) is 0.595. The standard InChI is InChI=1S/C16H29ClN2O3/c1-16(2,3)22-15(21)19-18-14(20)13(10-7-11-17)12-8-5-4-6-9-12/h12-13H,4-11H2,1-3H3,(H,18,20)(H,19,21). The van der Waals surface area contributed by atoms with Gasteiger partial charge in [-0.3, -0.25) is 10.2 Å². The normalized spacial score (nSPS) is 17.6. The molecule has 1 aliphatic carbocycles. The van der Waals surface area contributed by atoms with Crippen LogP contribution >= 0.6 is 11.6 Å². The molecule has 1 saturated carbocycles. The number of alkyl halides is 1. The largest absolute Gasteiger partial charge is 0.443 e. The molecule has 2 amide bonds. The Labute approximate surface area is 138 Å². The Morgan fingerprint density at radius 1 is 1.18 bits per heavy atom. The minimum absolute atomic E-state index is 0.0889. The van der Waals surface area contributed by atoms with Gasteiger partial charge in [0.15, 0.2) is 0 Å². The Morgan fingerprint density at radius 3 is 2.36 bits per heavy atom. The molecular formula is C16H29ClN2O3. The highest BCUT2D eigenvalue weighted by Crippen LogP contribution is 2.32. The summed E-state index contributed by atoms with van der Waals surface area (Å²) < 4.78 is 5.11. The van der Waals surface area contributed by atoms with Gasteiger partial charge in [0, 0.05) is 11.8 Å². The molecule has 0 radical (unpaired) electrons. The summed E-state index contributed by atoms with van der Waals surface area (Å²) in [6, 6.07) is 0. The lowest BCUT2D eigenvalue weighted by molar-refractivity contribution is -0.128. The maximum atomic E-state index is 12.4. The molecule has 1 unspecified atom stereocenters. The highest BCUT2D eigenvalue weighted by molar-refractivity contribution is 6.17. The number of hydrogen-bond donors (Lipinski definition) is 2. The van der Waals surface area contributed by atoms with E-state index >= 15 is 0 Å². The van der Waals surface area contributed by atoms with Crippen molar-refractivity contribution in [2.45, 2.75) is 71.3 Å². The van der Waals surface area contributed by atoms with E-state index in [0.29, 0.717) is 11.8 Å². The van der Waals surface area contributed by atoms with Crippen LogP contribution in [0.1, 0.15) is 65.7 Å². The minimum atomic E-state index is -0.638. The van der Waals surface area contributed by atoms with Gasteiger partial charge in [-0.1, -0.05) is 19.3 Å². The molecule has 0 heterocycles. The van der Waals surface area contributed by atoms with E-state index in [1.807, 2.05) is 0 Å². The van der Waals surface area contributed by atoms with Crippen LogP contribution in [0.4, 0.5) is 4.79 Å². The maximum Gasteiger partial charge on any atom is 0.426 e. The van der Waals surface area contributed by atoms with Gasteiger partial charge in [-0.15, -0.1) is 11.6 Å². The summed E-state index contributed by atoms with van der Waals surface area (Å²) in [5.74, 6) is 0.713. The molecule has 0 bridgehead atoms. The lowest BCUT2D eigenvalue weighted by Gasteiger charge is -2.29. The molecule has 22 heavy (non-hydrogen) atoms. The summed E-state index contributed by atoms with van der Waals surface area (Å²) in [5.41, 5.74) is 4.26. The van der Waals surface area contributed by atoms with Crippen LogP contribution in [0.15, 0.2) is 0 Å². The van der Waals surface area contributed by atoms with E-state index < -0.39 is 11.7 Å². The van der Waals surface area contributed by atoms with Crippen LogP contribution in [0.5, 0.6) is 0 Å². The highest BCUT2D eigenvalue weighted by atomic mass is 35.5. The summed E-state index contributed by atoms with van der Waals surface area (Å²) >= 11 is 5.77. The third kappa shape index (κ3) is 7.34. The molecule has 0 aromatic heterocycles. The topological polar surface area (TPSA) is 67.4 Å². The minimum Gasteiger partial charge on any atom is -0.443 e. The van der Waals surface area contributed by atoms with Gasteiger partial charge in [-0.05, 0) is 52.4 Å². The number of hydrazine groups is 1. The second-order valence-corrected chi connectivity index (χ2v) is 7.33. The predicted octanol–water partition coefficient (Wildman–Crippen LogP) is 3.76. The molecule has 1 fully saturated rings. The molecular weight excluding hydrogens is 304 g/mol. The monoisotopic (exact) mass is 332 g/mol. The summed E-state index contributed by atoms with van der Waals surface area (Å²) in [5, 5.41) is 0. The molecule has 5 nitrogen and oxygen atoms in total. The van der Waals surface area contributed by atoms with E-state index in [9.17, 15) is 9.59 Å². The van der Waals surface area contributed by atoms with Gasteiger partial charge in [0.25, 0.3) is 0 Å². The van der Waals surface area contributed by atoms with Crippen molar-refractivity contribution in [3.63, 3.8) is 0 Å². The number of halogens is 1. The van der Waals surface area contributed by atoms with Crippen LogP contribution in [0.2, 0.25) is 0 Å². The van der Waals surface area contributed by atoms with Crippen LogP contribution in [0.3, 0.4) is 0 Å². The van der Waals surface area contributed by atoms with Crippen molar-refractivity contribution >= 4 is 23.6 Å². The third-order valence-electron chi connectivity index (χ3n) is 3.89. The van der Waals surface area contributed by atoms with Crippen LogP contribution < -0.4 is 10.9 Å². The second-order valence-electron chi connectivity index (χ2n) is 6.95. The molecule has 0 aliphatic heterocycles. The molecule has 0 saturated heterocycles. The first kappa shape index (κ1) is 19.1. The first-order valence-corrected chi connectivity index (χ1v) is 8.72. The summed E-state index contributed by atoms with van der Waals surface area (Å²) in [7, 11) is 0.